The molecule has 1 aromatic heterocycles. The molecule has 0 radical (unpaired) electrons. The average Bonchev–Trinajstić information content (AvgIpc) is 2.20. The Morgan fingerprint density at radius 2 is 2.33 bits per heavy atom. The highest BCUT2D eigenvalue weighted by atomic mass is 16.4. The first-order valence-electron chi connectivity index (χ1n) is 4.70. The van der Waals surface area contributed by atoms with Crippen LogP contribution in [0.25, 0.3) is 0 Å². The summed E-state index contributed by atoms with van der Waals surface area (Å²) in [6, 6.07) is 2.88. The molecule has 0 unspecified atom stereocenters. The van der Waals surface area contributed by atoms with E-state index in [0.717, 1.165) is 12.8 Å². The van der Waals surface area contributed by atoms with Crippen LogP contribution in [0.1, 0.15) is 23.2 Å². The van der Waals surface area contributed by atoms with Gasteiger partial charge in [-0.2, -0.15) is 0 Å². The molecule has 1 aromatic rings. The van der Waals surface area contributed by atoms with Crippen molar-refractivity contribution in [3.8, 4) is 0 Å². The van der Waals surface area contributed by atoms with Gasteiger partial charge in [0.25, 0.3) is 5.56 Å². The van der Waals surface area contributed by atoms with Gasteiger partial charge in [-0.3, -0.25) is 4.79 Å². The first kappa shape index (κ1) is 11.2. The predicted molar refractivity (Wildman–Crippen MR) is 57.1 cm³/mol. The van der Waals surface area contributed by atoms with Crippen LogP contribution < -0.4 is 5.56 Å². The number of aryl methyl sites for hydroxylation is 1. The van der Waals surface area contributed by atoms with Crippen molar-refractivity contribution in [2.24, 2.45) is 0 Å². The van der Waals surface area contributed by atoms with Crippen LogP contribution in [-0.2, 0) is 6.54 Å². The second-order valence-corrected chi connectivity index (χ2v) is 3.16. The topological polar surface area (TPSA) is 59.3 Å². The normalized spacial score (nSPS) is 9.87. The summed E-state index contributed by atoms with van der Waals surface area (Å²) in [5, 5.41) is 8.73. The largest absolute Gasteiger partial charge is 0.477 e. The Morgan fingerprint density at radius 3 is 2.93 bits per heavy atom. The van der Waals surface area contributed by atoms with Gasteiger partial charge < -0.3 is 9.67 Å². The zero-order valence-electron chi connectivity index (χ0n) is 8.35. The third-order valence-electron chi connectivity index (χ3n) is 2.06. The van der Waals surface area contributed by atoms with Gasteiger partial charge in [-0.15, -0.1) is 6.58 Å². The molecule has 0 aliphatic rings. The molecule has 1 heterocycles. The number of allylic oxidation sites excluding steroid dienone is 1. The molecule has 0 fully saturated rings. The number of unbranched alkanes of at least 4 members (excludes halogenated alkanes) is 1. The van der Waals surface area contributed by atoms with Gasteiger partial charge in [0.05, 0.1) is 0 Å². The summed E-state index contributed by atoms with van der Waals surface area (Å²) in [6.45, 7) is 4.10. The lowest BCUT2D eigenvalue weighted by molar-refractivity contribution is 0.0694. The van der Waals surface area contributed by atoms with E-state index in [1.165, 1.54) is 10.6 Å². The average molecular weight is 207 g/mol. The smallest absolute Gasteiger partial charge is 0.341 e. The summed E-state index contributed by atoms with van der Waals surface area (Å²) in [5.41, 5.74) is -0.634. The second-order valence-electron chi connectivity index (χ2n) is 3.16. The van der Waals surface area contributed by atoms with Gasteiger partial charge in [-0.25, -0.2) is 4.79 Å². The molecule has 15 heavy (non-hydrogen) atoms. The number of carboxylic acid groups (broad SMARTS) is 1. The molecule has 0 aliphatic carbocycles. The Labute approximate surface area is 87.5 Å². The summed E-state index contributed by atoms with van der Waals surface area (Å²) in [4.78, 5) is 22.2. The van der Waals surface area contributed by atoms with Gasteiger partial charge in [0.2, 0.25) is 0 Å². The van der Waals surface area contributed by atoms with Crippen LogP contribution in [0, 0.1) is 0 Å². The van der Waals surface area contributed by atoms with Gasteiger partial charge in [-0.05, 0) is 25.0 Å². The van der Waals surface area contributed by atoms with Crippen molar-refractivity contribution in [1.29, 1.82) is 0 Å². The number of carbonyl (C=O) groups is 1. The lowest BCUT2D eigenvalue weighted by atomic mass is 10.2. The van der Waals surface area contributed by atoms with Crippen molar-refractivity contribution >= 4 is 5.97 Å². The molecule has 0 bridgehead atoms. The Bertz CT molecular complexity index is 420. The van der Waals surface area contributed by atoms with Crippen LogP contribution in [0.4, 0.5) is 0 Å². The Balaban J connectivity index is 2.90. The predicted octanol–water partition coefficient (Wildman–Crippen LogP) is 1.51. The molecule has 4 nitrogen and oxygen atoms in total. The van der Waals surface area contributed by atoms with Crippen LogP contribution >= 0.6 is 0 Å². The van der Waals surface area contributed by atoms with E-state index in [2.05, 4.69) is 6.58 Å². The molecule has 1 N–H and O–H groups in total. The van der Waals surface area contributed by atoms with E-state index in [0.29, 0.717) is 6.54 Å². The Morgan fingerprint density at radius 1 is 1.60 bits per heavy atom. The minimum absolute atomic E-state index is 0.184. The molecule has 1 rings (SSSR count). The van der Waals surface area contributed by atoms with Crippen LogP contribution in [0.3, 0.4) is 0 Å². The minimum atomic E-state index is -1.18. The summed E-state index contributed by atoms with van der Waals surface area (Å²) in [5.74, 6) is -1.18. The summed E-state index contributed by atoms with van der Waals surface area (Å²) in [6.07, 6.45) is 4.96. The van der Waals surface area contributed by atoms with E-state index in [1.54, 1.807) is 18.3 Å². The van der Waals surface area contributed by atoms with Crippen molar-refractivity contribution in [3.63, 3.8) is 0 Å². The molecule has 0 aromatic carbocycles. The summed E-state index contributed by atoms with van der Waals surface area (Å²) in [7, 11) is 0. The highest BCUT2D eigenvalue weighted by molar-refractivity contribution is 5.86. The molecule has 0 atom stereocenters. The standard InChI is InChI=1S/C11H13NO3/c1-2-3-4-7-12-8-5-6-9(10(12)13)11(14)15/h2,5-6,8H,1,3-4,7H2,(H,14,15). The zero-order chi connectivity index (χ0) is 11.3. The van der Waals surface area contributed by atoms with Gasteiger partial charge >= 0.3 is 5.97 Å². The van der Waals surface area contributed by atoms with Crippen molar-refractivity contribution in [2.75, 3.05) is 0 Å². The lowest BCUT2D eigenvalue weighted by Crippen LogP contribution is -2.25. The number of hydrogen-bond acceptors (Lipinski definition) is 2. The van der Waals surface area contributed by atoms with E-state index in [4.69, 9.17) is 5.11 Å². The lowest BCUT2D eigenvalue weighted by Gasteiger charge is -2.04. The quantitative estimate of drug-likeness (QED) is 0.588. The molecule has 0 saturated carbocycles. The molecule has 80 valence electrons. The zero-order valence-corrected chi connectivity index (χ0v) is 8.35. The molecule has 0 spiro atoms. The first-order valence-corrected chi connectivity index (χ1v) is 4.70. The van der Waals surface area contributed by atoms with E-state index in [-0.39, 0.29) is 5.56 Å². The SMILES string of the molecule is C=CCCCn1cccc(C(=O)O)c1=O. The van der Waals surface area contributed by atoms with E-state index < -0.39 is 11.5 Å². The van der Waals surface area contributed by atoms with E-state index in [9.17, 15) is 9.59 Å². The van der Waals surface area contributed by atoms with Gasteiger partial charge in [-0.1, -0.05) is 6.08 Å². The van der Waals surface area contributed by atoms with Crippen molar-refractivity contribution in [3.05, 3.63) is 46.9 Å². The third-order valence-corrected chi connectivity index (χ3v) is 2.06. The fourth-order valence-electron chi connectivity index (χ4n) is 1.28. The van der Waals surface area contributed by atoms with Crippen LogP contribution in [-0.4, -0.2) is 15.6 Å². The van der Waals surface area contributed by atoms with Crippen molar-refractivity contribution in [1.82, 2.24) is 4.57 Å². The van der Waals surface area contributed by atoms with Gasteiger partial charge in [0, 0.05) is 12.7 Å². The number of nitrogens with zero attached hydrogens (tertiary/aromatic N) is 1. The third kappa shape index (κ3) is 2.80. The van der Waals surface area contributed by atoms with Crippen LogP contribution in [0.15, 0.2) is 35.8 Å². The Kier molecular flexibility index (Phi) is 3.85. The van der Waals surface area contributed by atoms with Crippen LogP contribution in [0.2, 0.25) is 0 Å². The molecule has 0 amide bonds. The number of pyridine rings is 1. The summed E-state index contributed by atoms with van der Waals surface area (Å²) >= 11 is 0. The summed E-state index contributed by atoms with van der Waals surface area (Å²) < 4.78 is 1.41. The van der Waals surface area contributed by atoms with Crippen molar-refractivity contribution < 1.29 is 9.90 Å². The minimum Gasteiger partial charge on any atom is -0.477 e. The maximum absolute atomic E-state index is 11.6. The fraction of sp³-hybridized carbons (Fsp3) is 0.273. The molecular formula is C11H13NO3. The van der Waals surface area contributed by atoms with Gasteiger partial charge in [0.15, 0.2) is 0 Å². The highest BCUT2D eigenvalue weighted by Crippen LogP contribution is 1.96. The van der Waals surface area contributed by atoms with E-state index >= 15 is 0 Å². The monoisotopic (exact) mass is 207 g/mol. The first-order chi connectivity index (χ1) is 7.16. The molecule has 0 saturated heterocycles. The van der Waals surface area contributed by atoms with E-state index in [1.807, 2.05) is 0 Å². The Hall–Kier alpha value is -1.84. The number of rotatable bonds is 5. The number of carboxylic acids is 1. The number of hydrogen-bond donors (Lipinski definition) is 1. The van der Waals surface area contributed by atoms with Crippen molar-refractivity contribution in [2.45, 2.75) is 19.4 Å². The molecule has 4 heteroatoms. The highest BCUT2D eigenvalue weighted by Gasteiger charge is 2.09. The fourth-order valence-corrected chi connectivity index (χ4v) is 1.28. The molecule has 0 aliphatic heterocycles. The maximum Gasteiger partial charge on any atom is 0.341 e. The van der Waals surface area contributed by atoms with Crippen LogP contribution in [0.5, 0.6) is 0 Å². The number of aromatic nitrogens is 1. The maximum atomic E-state index is 11.6. The second kappa shape index (κ2) is 5.14. The van der Waals surface area contributed by atoms with Gasteiger partial charge in [0.1, 0.15) is 5.56 Å². The molecular weight excluding hydrogens is 194 g/mol. The number of aromatic carboxylic acids is 1.